The third kappa shape index (κ3) is 2.74. The number of benzene rings is 1. The normalized spacial score (nSPS) is 12.3. The molecule has 118 valence electrons. The van der Waals surface area contributed by atoms with Crippen molar-refractivity contribution in [2.24, 2.45) is 0 Å². The van der Waals surface area contributed by atoms with Crippen LogP contribution in [0.2, 0.25) is 0 Å². The van der Waals surface area contributed by atoms with Gasteiger partial charge in [0.05, 0.1) is 17.5 Å². The monoisotopic (exact) mass is 313 g/mol. The Morgan fingerprint density at radius 1 is 1.09 bits per heavy atom. The summed E-state index contributed by atoms with van der Waals surface area (Å²) in [6.45, 7) is 3.99. The summed E-state index contributed by atoms with van der Waals surface area (Å²) in [5.74, 6) is -1.18. The van der Waals surface area contributed by atoms with Gasteiger partial charge in [0.15, 0.2) is 0 Å². The Hall–Kier alpha value is -2.56. The summed E-state index contributed by atoms with van der Waals surface area (Å²) in [7, 11) is 0. The lowest BCUT2D eigenvalue weighted by Gasteiger charge is -2.16. The van der Waals surface area contributed by atoms with Crippen molar-refractivity contribution in [3.63, 3.8) is 0 Å². The SMILES string of the molecule is CCC(C)n1ncc(-c2ccncc2)c1-c1c(F)cccc1F. The quantitative estimate of drug-likeness (QED) is 0.688. The van der Waals surface area contributed by atoms with E-state index < -0.39 is 11.6 Å². The molecule has 0 fully saturated rings. The molecule has 3 nitrogen and oxygen atoms in total. The zero-order valence-corrected chi connectivity index (χ0v) is 13.0. The molecular weight excluding hydrogens is 296 g/mol. The average molecular weight is 313 g/mol. The van der Waals surface area contributed by atoms with Gasteiger partial charge in [-0.05, 0) is 43.2 Å². The van der Waals surface area contributed by atoms with Gasteiger partial charge in [0.2, 0.25) is 0 Å². The second-order valence-corrected chi connectivity index (χ2v) is 5.44. The maximum Gasteiger partial charge on any atom is 0.135 e. The van der Waals surface area contributed by atoms with Crippen molar-refractivity contribution in [3.8, 4) is 22.4 Å². The summed E-state index contributed by atoms with van der Waals surface area (Å²) >= 11 is 0. The van der Waals surface area contributed by atoms with Gasteiger partial charge in [-0.1, -0.05) is 13.0 Å². The third-order valence-electron chi connectivity index (χ3n) is 3.99. The van der Waals surface area contributed by atoms with Gasteiger partial charge in [0.1, 0.15) is 11.6 Å². The lowest BCUT2D eigenvalue weighted by atomic mass is 10.0. The Morgan fingerprint density at radius 2 is 1.74 bits per heavy atom. The average Bonchev–Trinajstić information content (AvgIpc) is 2.99. The van der Waals surface area contributed by atoms with Crippen LogP contribution in [0.15, 0.2) is 48.9 Å². The molecule has 0 amide bonds. The van der Waals surface area contributed by atoms with Crippen molar-refractivity contribution >= 4 is 0 Å². The zero-order valence-electron chi connectivity index (χ0n) is 13.0. The van der Waals surface area contributed by atoms with Gasteiger partial charge in [0, 0.05) is 24.0 Å². The lowest BCUT2D eigenvalue weighted by molar-refractivity contribution is 0.479. The second-order valence-electron chi connectivity index (χ2n) is 5.44. The van der Waals surface area contributed by atoms with E-state index in [4.69, 9.17) is 0 Å². The van der Waals surface area contributed by atoms with Crippen LogP contribution in [0.5, 0.6) is 0 Å². The molecule has 1 atom stereocenters. The Morgan fingerprint density at radius 3 is 2.35 bits per heavy atom. The highest BCUT2D eigenvalue weighted by Gasteiger charge is 2.23. The van der Waals surface area contributed by atoms with Crippen molar-refractivity contribution in [1.82, 2.24) is 14.8 Å². The third-order valence-corrected chi connectivity index (χ3v) is 3.99. The number of hydrogen-bond acceptors (Lipinski definition) is 2. The fourth-order valence-electron chi connectivity index (χ4n) is 2.59. The van der Waals surface area contributed by atoms with Crippen molar-refractivity contribution in [2.75, 3.05) is 0 Å². The minimum Gasteiger partial charge on any atom is -0.265 e. The van der Waals surface area contributed by atoms with E-state index in [-0.39, 0.29) is 11.6 Å². The van der Waals surface area contributed by atoms with Crippen LogP contribution in [-0.2, 0) is 0 Å². The van der Waals surface area contributed by atoms with Crippen molar-refractivity contribution in [1.29, 1.82) is 0 Å². The van der Waals surface area contributed by atoms with Crippen LogP contribution in [0, 0.1) is 11.6 Å². The molecule has 0 aliphatic carbocycles. The summed E-state index contributed by atoms with van der Waals surface area (Å²) < 4.78 is 30.4. The van der Waals surface area contributed by atoms with Gasteiger partial charge >= 0.3 is 0 Å². The maximum atomic E-state index is 14.4. The van der Waals surface area contributed by atoms with Crippen LogP contribution in [0.3, 0.4) is 0 Å². The number of aromatic nitrogens is 3. The van der Waals surface area contributed by atoms with Gasteiger partial charge in [-0.3, -0.25) is 9.67 Å². The molecule has 0 bridgehead atoms. The van der Waals surface area contributed by atoms with Gasteiger partial charge in [0.25, 0.3) is 0 Å². The van der Waals surface area contributed by atoms with Gasteiger partial charge in [-0.25, -0.2) is 8.78 Å². The predicted molar refractivity (Wildman–Crippen MR) is 85.8 cm³/mol. The number of nitrogens with zero attached hydrogens (tertiary/aromatic N) is 3. The molecule has 3 rings (SSSR count). The van der Waals surface area contributed by atoms with E-state index in [2.05, 4.69) is 10.1 Å². The molecule has 1 aromatic carbocycles. The van der Waals surface area contributed by atoms with E-state index in [1.165, 1.54) is 18.2 Å². The molecule has 2 aromatic heterocycles. The molecule has 23 heavy (non-hydrogen) atoms. The number of hydrogen-bond donors (Lipinski definition) is 0. The minimum absolute atomic E-state index is 0.0274. The first-order valence-corrected chi connectivity index (χ1v) is 7.55. The molecule has 0 spiro atoms. The molecule has 0 radical (unpaired) electrons. The Kier molecular flexibility index (Phi) is 4.19. The number of halogens is 2. The minimum atomic E-state index is -0.592. The van der Waals surface area contributed by atoms with Gasteiger partial charge < -0.3 is 0 Å². The Balaban J connectivity index is 2.30. The molecule has 0 saturated heterocycles. The Bertz CT molecular complexity index is 792. The molecule has 0 aliphatic heterocycles. The van der Waals surface area contributed by atoms with Crippen molar-refractivity contribution in [3.05, 3.63) is 60.6 Å². The fraction of sp³-hybridized carbons (Fsp3) is 0.222. The van der Waals surface area contributed by atoms with Crippen LogP contribution < -0.4 is 0 Å². The highest BCUT2D eigenvalue weighted by Crippen LogP contribution is 2.36. The summed E-state index contributed by atoms with van der Waals surface area (Å²) in [5, 5.41) is 4.38. The molecule has 1 unspecified atom stereocenters. The fourth-order valence-corrected chi connectivity index (χ4v) is 2.59. The van der Waals surface area contributed by atoms with Crippen LogP contribution in [0.25, 0.3) is 22.4 Å². The number of rotatable bonds is 4. The van der Waals surface area contributed by atoms with Crippen LogP contribution in [-0.4, -0.2) is 14.8 Å². The summed E-state index contributed by atoms with van der Waals surface area (Å²) in [6, 6.07) is 7.54. The molecular formula is C18H17F2N3. The molecule has 5 heteroatoms. The first-order valence-electron chi connectivity index (χ1n) is 7.55. The van der Waals surface area contributed by atoms with Gasteiger partial charge in [-0.2, -0.15) is 5.10 Å². The van der Waals surface area contributed by atoms with Crippen LogP contribution >= 0.6 is 0 Å². The Labute approximate surface area is 133 Å². The molecule has 3 aromatic rings. The van der Waals surface area contributed by atoms with Gasteiger partial charge in [-0.15, -0.1) is 0 Å². The summed E-state index contributed by atoms with van der Waals surface area (Å²) in [4.78, 5) is 3.99. The zero-order chi connectivity index (χ0) is 16.4. The van der Waals surface area contributed by atoms with Crippen molar-refractivity contribution in [2.45, 2.75) is 26.3 Å². The standard InChI is InChI=1S/C18H17F2N3/c1-3-12(2)23-18(17-15(19)5-4-6-16(17)20)14(11-22-23)13-7-9-21-10-8-13/h4-12H,3H2,1-2H3. The first-order chi connectivity index (χ1) is 11.1. The second kappa shape index (κ2) is 6.28. The predicted octanol–water partition coefficient (Wildman–Crippen LogP) is 4.86. The summed E-state index contributed by atoms with van der Waals surface area (Å²) in [6.07, 6.45) is 5.76. The van der Waals surface area contributed by atoms with E-state index in [9.17, 15) is 8.78 Å². The van der Waals surface area contributed by atoms with Crippen molar-refractivity contribution < 1.29 is 8.78 Å². The first kappa shape index (κ1) is 15.3. The van der Waals surface area contributed by atoms with E-state index >= 15 is 0 Å². The maximum absolute atomic E-state index is 14.4. The van der Waals surface area contributed by atoms with E-state index in [0.29, 0.717) is 11.3 Å². The molecule has 0 saturated carbocycles. The van der Waals surface area contributed by atoms with Crippen LogP contribution in [0.4, 0.5) is 8.78 Å². The van der Waals surface area contributed by atoms with Crippen LogP contribution in [0.1, 0.15) is 26.3 Å². The lowest BCUT2D eigenvalue weighted by Crippen LogP contribution is -2.09. The topological polar surface area (TPSA) is 30.7 Å². The van der Waals surface area contributed by atoms with E-state index in [1.807, 2.05) is 13.8 Å². The number of pyridine rings is 1. The summed E-state index contributed by atoms with van der Waals surface area (Å²) in [5.41, 5.74) is 1.93. The highest BCUT2D eigenvalue weighted by molar-refractivity contribution is 5.81. The molecule has 0 N–H and O–H groups in total. The molecule has 2 heterocycles. The molecule has 0 aliphatic rings. The van der Waals surface area contributed by atoms with E-state index in [1.54, 1.807) is 35.4 Å². The smallest absolute Gasteiger partial charge is 0.135 e. The highest BCUT2D eigenvalue weighted by atomic mass is 19.1. The van der Waals surface area contributed by atoms with E-state index in [0.717, 1.165) is 12.0 Å². The largest absolute Gasteiger partial charge is 0.265 e.